The molecule has 1 fully saturated rings. The second kappa shape index (κ2) is 5.56. The van der Waals surface area contributed by atoms with E-state index in [1.807, 2.05) is 17.0 Å². The molecule has 1 atom stereocenters. The molecule has 21 heavy (non-hydrogen) atoms. The summed E-state index contributed by atoms with van der Waals surface area (Å²) in [7, 11) is 0. The van der Waals surface area contributed by atoms with Crippen molar-refractivity contribution in [1.82, 2.24) is 9.88 Å². The van der Waals surface area contributed by atoms with Gasteiger partial charge in [-0.15, -0.1) is 0 Å². The smallest absolute Gasteiger partial charge is 0.255 e. The van der Waals surface area contributed by atoms with Crippen molar-refractivity contribution in [1.29, 1.82) is 0 Å². The molecule has 2 aromatic rings. The van der Waals surface area contributed by atoms with Gasteiger partial charge in [-0.1, -0.05) is 12.1 Å². The SMILES string of the molecule is CC1CCCN1C(=O)c1cncc(-c2cccc(O)c2)c1. The Balaban J connectivity index is 1.91. The van der Waals surface area contributed by atoms with Gasteiger partial charge in [-0.2, -0.15) is 0 Å². The molecule has 1 aromatic heterocycles. The van der Waals surface area contributed by atoms with Crippen LogP contribution in [-0.2, 0) is 0 Å². The van der Waals surface area contributed by atoms with E-state index in [0.29, 0.717) is 11.6 Å². The van der Waals surface area contributed by atoms with E-state index < -0.39 is 0 Å². The van der Waals surface area contributed by atoms with Crippen LogP contribution in [0.3, 0.4) is 0 Å². The highest BCUT2D eigenvalue weighted by Gasteiger charge is 2.26. The van der Waals surface area contributed by atoms with Crippen LogP contribution in [-0.4, -0.2) is 33.5 Å². The Labute approximate surface area is 124 Å². The predicted octanol–water partition coefficient (Wildman–Crippen LogP) is 3.08. The molecule has 1 amide bonds. The summed E-state index contributed by atoms with van der Waals surface area (Å²) in [5, 5.41) is 9.56. The third-order valence-corrected chi connectivity index (χ3v) is 3.98. The minimum Gasteiger partial charge on any atom is -0.508 e. The van der Waals surface area contributed by atoms with Gasteiger partial charge in [0.2, 0.25) is 0 Å². The molecule has 0 aliphatic carbocycles. The molecule has 1 aliphatic rings. The molecule has 1 aromatic carbocycles. The van der Waals surface area contributed by atoms with Crippen LogP contribution in [0.4, 0.5) is 0 Å². The van der Waals surface area contributed by atoms with Crippen LogP contribution in [0.2, 0.25) is 0 Å². The number of aromatic nitrogens is 1. The zero-order valence-corrected chi connectivity index (χ0v) is 12.0. The standard InChI is InChI=1S/C17H18N2O2/c1-12-4-3-7-19(12)17(21)15-8-14(10-18-11-15)13-5-2-6-16(20)9-13/h2,5-6,8-12,20H,3-4,7H2,1H3. The number of phenols is 1. The average Bonchev–Trinajstić information content (AvgIpc) is 2.93. The molecule has 3 rings (SSSR count). The molecule has 0 spiro atoms. The summed E-state index contributed by atoms with van der Waals surface area (Å²) in [6.07, 6.45) is 5.44. The first-order valence-corrected chi connectivity index (χ1v) is 7.20. The fourth-order valence-electron chi connectivity index (χ4n) is 2.80. The lowest BCUT2D eigenvalue weighted by atomic mass is 10.1. The van der Waals surface area contributed by atoms with Gasteiger partial charge in [-0.25, -0.2) is 0 Å². The fraction of sp³-hybridized carbons (Fsp3) is 0.294. The Morgan fingerprint density at radius 2 is 2.14 bits per heavy atom. The number of hydrogen-bond acceptors (Lipinski definition) is 3. The molecule has 1 N–H and O–H groups in total. The second-order valence-corrected chi connectivity index (χ2v) is 5.50. The van der Waals surface area contributed by atoms with Crippen LogP contribution in [0.15, 0.2) is 42.7 Å². The number of hydrogen-bond donors (Lipinski definition) is 1. The van der Waals surface area contributed by atoms with E-state index in [2.05, 4.69) is 11.9 Å². The van der Waals surface area contributed by atoms with E-state index in [1.54, 1.807) is 30.6 Å². The number of benzene rings is 1. The number of likely N-dealkylation sites (tertiary alicyclic amines) is 1. The molecule has 4 heteroatoms. The van der Waals surface area contributed by atoms with Crippen molar-refractivity contribution in [2.24, 2.45) is 0 Å². The van der Waals surface area contributed by atoms with E-state index in [9.17, 15) is 9.90 Å². The van der Waals surface area contributed by atoms with E-state index in [0.717, 1.165) is 30.5 Å². The predicted molar refractivity (Wildman–Crippen MR) is 81.1 cm³/mol. The zero-order valence-electron chi connectivity index (χ0n) is 12.0. The van der Waals surface area contributed by atoms with Crippen molar-refractivity contribution in [3.8, 4) is 16.9 Å². The highest BCUT2D eigenvalue weighted by Crippen LogP contribution is 2.25. The molecular formula is C17H18N2O2. The lowest BCUT2D eigenvalue weighted by Crippen LogP contribution is -2.33. The highest BCUT2D eigenvalue weighted by molar-refractivity contribution is 5.95. The molecule has 0 saturated carbocycles. The van der Waals surface area contributed by atoms with Crippen molar-refractivity contribution in [2.75, 3.05) is 6.54 Å². The lowest BCUT2D eigenvalue weighted by Gasteiger charge is -2.21. The largest absolute Gasteiger partial charge is 0.508 e. The van der Waals surface area contributed by atoms with Crippen LogP contribution in [0, 0.1) is 0 Å². The highest BCUT2D eigenvalue weighted by atomic mass is 16.3. The summed E-state index contributed by atoms with van der Waals surface area (Å²) in [6, 6.07) is 9.10. The molecule has 1 aliphatic heterocycles. The second-order valence-electron chi connectivity index (χ2n) is 5.50. The fourth-order valence-corrected chi connectivity index (χ4v) is 2.80. The summed E-state index contributed by atoms with van der Waals surface area (Å²) >= 11 is 0. The van der Waals surface area contributed by atoms with Gasteiger partial charge in [-0.05, 0) is 43.5 Å². The third-order valence-electron chi connectivity index (χ3n) is 3.98. The first-order valence-electron chi connectivity index (χ1n) is 7.20. The Morgan fingerprint density at radius 3 is 2.86 bits per heavy atom. The van der Waals surface area contributed by atoms with E-state index in [1.165, 1.54) is 0 Å². The van der Waals surface area contributed by atoms with Crippen LogP contribution in [0.1, 0.15) is 30.1 Å². The molecule has 4 nitrogen and oxygen atoms in total. The molecule has 1 saturated heterocycles. The van der Waals surface area contributed by atoms with Crippen molar-refractivity contribution < 1.29 is 9.90 Å². The molecule has 108 valence electrons. The molecule has 1 unspecified atom stereocenters. The topological polar surface area (TPSA) is 53.4 Å². The lowest BCUT2D eigenvalue weighted by molar-refractivity contribution is 0.0747. The maximum Gasteiger partial charge on any atom is 0.255 e. The van der Waals surface area contributed by atoms with Gasteiger partial charge in [0.05, 0.1) is 5.56 Å². The van der Waals surface area contributed by atoms with Gasteiger partial charge in [0.1, 0.15) is 5.75 Å². The molecular weight excluding hydrogens is 264 g/mol. The summed E-state index contributed by atoms with van der Waals surface area (Å²) in [5.41, 5.74) is 2.29. The number of rotatable bonds is 2. The van der Waals surface area contributed by atoms with E-state index >= 15 is 0 Å². The van der Waals surface area contributed by atoms with Gasteiger partial charge in [0.25, 0.3) is 5.91 Å². The van der Waals surface area contributed by atoms with Gasteiger partial charge in [0, 0.05) is 30.5 Å². The third kappa shape index (κ3) is 2.75. The average molecular weight is 282 g/mol. The van der Waals surface area contributed by atoms with E-state index in [-0.39, 0.29) is 11.7 Å². The Kier molecular flexibility index (Phi) is 3.60. The van der Waals surface area contributed by atoms with Crippen molar-refractivity contribution in [2.45, 2.75) is 25.8 Å². The molecule has 0 bridgehead atoms. The molecule has 0 radical (unpaired) electrons. The summed E-state index contributed by atoms with van der Waals surface area (Å²) in [4.78, 5) is 18.6. The Hall–Kier alpha value is -2.36. The van der Waals surface area contributed by atoms with Crippen LogP contribution < -0.4 is 0 Å². The number of amides is 1. The maximum absolute atomic E-state index is 12.5. The summed E-state index contributed by atoms with van der Waals surface area (Å²) in [6.45, 7) is 2.90. The number of carbonyl (C=O) groups is 1. The number of carbonyl (C=O) groups excluding carboxylic acids is 1. The quantitative estimate of drug-likeness (QED) is 0.921. The van der Waals surface area contributed by atoms with Crippen LogP contribution >= 0.6 is 0 Å². The minimum atomic E-state index is 0.0366. The summed E-state index contributed by atoms with van der Waals surface area (Å²) in [5.74, 6) is 0.242. The number of phenolic OH excluding ortho intramolecular Hbond substituents is 1. The minimum absolute atomic E-state index is 0.0366. The van der Waals surface area contributed by atoms with E-state index in [4.69, 9.17) is 0 Å². The van der Waals surface area contributed by atoms with Gasteiger partial charge in [0.15, 0.2) is 0 Å². The van der Waals surface area contributed by atoms with Gasteiger partial charge < -0.3 is 10.0 Å². The van der Waals surface area contributed by atoms with Crippen LogP contribution in [0.25, 0.3) is 11.1 Å². The summed E-state index contributed by atoms with van der Waals surface area (Å²) < 4.78 is 0. The first kappa shape index (κ1) is 13.6. The first-order chi connectivity index (χ1) is 10.1. The molecule has 2 heterocycles. The van der Waals surface area contributed by atoms with Crippen molar-refractivity contribution in [3.05, 3.63) is 48.3 Å². The Bertz CT molecular complexity index is 669. The van der Waals surface area contributed by atoms with Gasteiger partial charge >= 0.3 is 0 Å². The number of pyridine rings is 1. The monoisotopic (exact) mass is 282 g/mol. The van der Waals surface area contributed by atoms with Gasteiger partial charge in [-0.3, -0.25) is 9.78 Å². The number of aromatic hydroxyl groups is 1. The maximum atomic E-state index is 12.5. The normalized spacial score (nSPS) is 18.0. The van der Waals surface area contributed by atoms with Crippen molar-refractivity contribution >= 4 is 5.91 Å². The zero-order chi connectivity index (χ0) is 14.8. The number of nitrogens with zero attached hydrogens (tertiary/aromatic N) is 2. The van der Waals surface area contributed by atoms with Crippen LogP contribution in [0.5, 0.6) is 5.75 Å². The van der Waals surface area contributed by atoms with Crippen molar-refractivity contribution in [3.63, 3.8) is 0 Å². The Morgan fingerprint density at radius 1 is 1.29 bits per heavy atom.